The number of hydrogen-bond donors (Lipinski definition) is 1. The van der Waals surface area contributed by atoms with E-state index in [4.69, 9.17) is 21.1 Å². The maximum Gasteiger partial charge on any atom is 0.120 e. The third kappa shape index (κ3) is 3.60. The molecule has 1 aliphatic heterocycles. The zero-order chi connectivity index (χ0) is 12.1. The lowest BCUT2D eigenvalue weighted by molar-refractivity contribution is 0.0743. The average Bonchev–Trinajstić information content (AvgIpc) is 2.38. The van der Waals surface area contributed by atoms with Gasteiger partial charge in [0.25, 0.3) is 0 Å². The zero-order valence-corrected chi connectivity index (χ0v) is 10.8. The second-order valence-electron chi connectivity index (χ2n) is 4.22. The Kier molecular flexibility index (Phi) is 4.66. The Labute approximate surface area is 107 Å². The molecule has 0 bridgehead atoms. The molecule has 1 aliphatic rings. The van der Waals surface area contributed by atoms with Crippen molar-refractivity contribution in [2.24, 2.45) is 0 Å². The molecule has 1 atom stereocenters. The van der Waals surface area contributed by atoms with Gasteiger partial charge in [0.05, 0.1) is 20.3 Å². The summed E-state index contributed by atoms with van der Waals surface area (Å²) in [4.78, 5) is 0. The summed E-state index contributed by atoms with van der Waals surface area (Å²) in [6.07, 6.45) is 2.01. The monoisotopic (exact) mass is 255 g/mol. The van der Waals surface area contributed by atoms with Gasteiger partial charge in [-0.25, -0.2) is 0 Å². The van der Waals surface area contributed by atoms with Gasteiger partial charge in [-0.2, -0.15) is 0 Å². The van der Waals surface area contributed by atoms with Crippen LogP contribution in [-0.4, -0.2) is 32.9 Å². The first-order valence-electron chi connectivity index (χ1n) is 5.93. The Bertz CT molecular complexity index is 364. The summed E-state index contributed by atoms with van der Waals surface area (Å²) >= 11 is 6.19. The normalized spacial score (nSPS) is 20.2. The van der Waals surface area contributed by atoms with Crippen molar-refractivity contribution in [2.45, 2.75) is 18.9 Å². The van der Waals surface area contributed by atoms with E-state index in [1.165, 1.54) is 5.56 Å². The number of ether oxygens (including phenoxy) is 2. The molecular formula is C13H18ClNO2. The third-order valence-corrected chi connectivity index (χ3v) is 3.37. The molecule has 0 radical (unpaired) electrons. The number of hydrogen-bond acceptors (Lipinski definition) is 3. The van der Waals surface area contributed by atoms with Crippen molar-refractivity contribution < 1.29 is 9.47 Å². The van der Waals surface area contributed by atoms with Crippen molar-refractivity contribution in [3.05, 3.63) is 28.8 Å². The topological polar surface area (TPSA) is 30.5 Å². The summed E-state index contributed by atoms with van der Waals surface area (Å²) in [6, 6.07) is 6.29. The Morgan fingerprint density at radius 1 is 1.53 bits per heavy atom. The molecule has 0 aliphatic carbocycles. The van der Waals surface area contributed by atoms with E-state index < -0.39 is 0 Å². The van der Waals surface area contributed by atoms with E-state index in [1.807, 2.05) is 18.2 Å². The average molecular weight is 256 g/mol. The molecule has 0 spiro atoms. The SMILES string of the molecule is COc1ccc(CCC2COCCN2)c(Cl)c1. The van der Waals surface area contributed by atoms with Crippen LogP contribution in [0.2, 0.25) is 5.02 Å². The van der Waals surface area contributed by atoms with Crippen LogP contribution >= 0.6 is 11.6 Å². The van der Waals surface area contributed by atoms with Crippen LogP contribution in [0.5, 0.6) is 5.75 Å². The van der Waals surface area contributed by atoms with Gasteiger partial charge in [0, 0.05) is 17.6 Å². The standard InChI is InChI=1S/C13H18ClNO2/c1-16-12-5-3-10(13(14)8-12)2-4-11-9-17-7-6-15-11/h3,5,8,11,15H,2,4,6-7,9H2,1H3. The van der Waals surface area contributed by atoms with E-state index in [9.17, 15) is 0 Å². The van der Waals surface area contributed by atoms with Gasteiger partial charge in [-0.15, -0.1) is 0 Å². The Balaban J connectivity index is 1.89. The number of halogens is 1. The highest BCUT2D eigenvalue weighted by Crippen LogP contribution is 2.23. The predicted octanol–water partition coefficient (Wildman–Crippen LogP) is 2.27. The molecule has 1 saturated heterocycles. The third-order valence-electron chi connectivity index (χ3n) is 3.02. The van der Waals surface area contributed by atoms with E-state index in [1.54, 1.807) is 7.11 Å². The number of methoxy groups -OCH3 is 1. The number of rotatable bonds is 4. The minimum absolute atomic E-state index is 0.446. The van der Waals surface area contributed by atoms with Crippen molar-refractivity contribution in [2.75, 3.05) is 26.9 Å². The first-order valence-corrected chi connectivity index (χ1v) is 6.31. The summed E-state index contributed by atoms with van der Waals surface area (Å²) < 4.78 is 10.5. The molecule has 3 nitrogen and oxygen atoms in total. The largest absolute Gasteiger partial charge is 0.497 e. The zero-order valence-electron chi connectivity index (χ0n) is 10.0. The molecule has 1 aromatic rings. The molecule has 1 heterocycles. The van der Waals surface area contributed by atoms with Gasteiger partial charge in [-0.05, 0) is 30.5 Å². The van der Waals surface area contributed by atoms with Crippen molar-refractivity contribution in [3.63, 3.8) is 0 Å². The van der Waals surface area contributed by atoms with E-state index in [0.29, 0.717) is 6.04 Å². The summed E-state index contributed by atoms with van der Waals surface area (Å²) in [5.41, 5.74) is 1.17. The second-order valence-corrected chi connectivity index (χ2v) is 4.63. The molecule has 1 fully saturated rings. The summed E-state index contributed by atoms with van der Waals surface area (Å²) in [6.45, 7) is 2.56. The van der Waals surface area contributed by atoms with Crippen LogP contribution in [0.4, 0.5) is 0 Å². The number of aryl methyl sites for hydroxylation is 1. The van der Waals surface area contributed by atoms with Crippen LogP contribution in [0, 0.1) is 0 Å². The smallest absolute Gasteiger partial charge is 0.120 e. The van der Waals surface area contributed by atoms with Crippen molar-refractivity contribution >= 4 is 11.6 Å². The Morgan fingerprint density at radius 2 is 2.41 bits per heavy atom. The molecule has 0 saturated carbocycles. The van der Waals surface area contributed by atoms with E-state index in [0.717, 1.165) is 43.4 Å². The van der Waals surface area contributed by atoms with E-state index in [-0.39, 0.29) is 0 Å². The fraction of sp³-hybridized carbons (Fsp3) is 0.538. The lowest BCUT2D eigenvalue weighted by Crippen LogP contribution is -2.41. The first-order chi connectivity index (χ1) is 8.29. The molecule has 4 heteroatoms. The fourth-order valence-electron chi connectivity index (χ4n) is 1.99. The summed E-state index contributed by atoms with van der Waals surface area (Å²) in [5.74, 6) is 0.804. The van der Waals surface area contributed by atoms with Crippen molar-refractivity contribution in [1.82, 2.24) is 5.32 Å². The highest BCUT2D eigenvalue weighted by atomic mass is 35.5. The van der Waals surface area contributed by atoms with Gasteiger partial charge in [0.1, 0.15) is 5.75 Å². The minimum Gasteiger partial charge on any atom is -0.497 e. The van der Waals surface area contributed by atoms with Gasteiger partial charge < -0.3 is 14.8 Å². The Morgan fingerprint density at radius 3 is 3.06 bits per heavy atom. The van der Waals surface area contributed by atoms with Gasteiger partial charge in [-0.3, -0.25) is 0 Å². The lowest BCUT2D eigenvalue weighted by Gasteiger charge is -2.23. The molecule has 2 rings (SSSR count). The van der Waals surface area contributed by atoms with Crippen LogP contribution in [0.3, 0.4) is 0 Å². The Hall–Kier alpha value is -0.770. The highest BCUT2D eigenvalue weighted by Gasteiger charge is 2.13. The highest BCUT2D eigenvalue weighted by molar-refractivity contribution is 6.31. The van der Waals surface area contributed by atoms with Gasteiger partial charge in [0.2, 0.25) is 0 Å². The number of morpholine rings is 1. The van der Waals surface area contributed by atoms with Crippen LogP contribution < -0.4 is 10.1 Å². The maximum atomic E-state index is 6.19. The summed E-state index contributed by atoms with van der Waals surface area (Å²) in [7, 11) is 1.65. The molecule has 94 valence electrons. The van der Waals surface area contributed by atoms with Crippen LogP contribution in [0.15, 0.2) is 18.2 Å². The number of nitrogens with one attached hydrogen (secondary N) is 1. The molecule has 0 amide bonds. The molecule has 1 aromatic carbocycles. The molecule has 17 heavy (non-hydrogen) atoms. The molecule has 1 unspecified atom stereocenters. The van der Waals surface area contributed by atoms with Crippen molar-refractivity contribution in [3.8, 4) is 5.75 Å². The summed E-state index contributed by atoms with van der Waals surface area (Å²) in [5, 5.41) is 4.22. The van der Waals surface area contributed by atoms with Crippen LogP contribution in [-0.2, 0) is 11.2 Å². The van der Waals surface area contributed by atoms with E-state index in [2.05, 4.69) is 5.32 Å². The minimum atomic E-state index is 0.446. The fourth-order valence-corrected chi connectivity index (χ4v) is 2.26. The van der Waals surface area contributed by atoms with Crippen LogP contribution in [0.25, 0.3) is 0 Å². The van der Waals surface area contributed by atoms with E-state index >= 15 is 0 Å². The van der Waals surface area contributed by atoms with Gasteiger partial charge >= 0.3 is 0 Å². The second kappa shape index (κ2) is 6.24. The van der Waals surface area contributed by atoms with Gasteiger partial charge in [-0.1, -0.05) is 17.7 Å². The van der Waals surface area contributed by atoms with Crippen molar-refractivity contribution in [1.29, 1.82) is 0 Å². The quantitative estimate of drug-likeness (QED) is 0.895. The molecule has 0 aromatic heterocycles. The molecule has 1 N–H and O–H groups in total. The van der Waals surface area contributed by atoms with Crippen LogP contribution in [0.1, 0.15) is 12.0 Å². The van der Waals surface area contributed by atoms with Gasteiger partial charge in [0.15, 0.2) is 0 Å². The lowest BCUT2D eigenvalue weighted by atomic mass is 10.0. The first kappa shape index (κ1) is 12.7. The maximum absolute atomic E-state index is 6.19. The number of benzene rings is 1. The predicted molar refractivity (Wildman–Crippen MR) is 68.9 cm³/mol. The molecular weight excluding hydrogens is 238 g/mol.